The zero-order chi connectivity index (χ0) is 19.1. The summed E-state index contributed by atoms with van der Waals surface area (Å²) in [4.78, 5) is 13.6. The number of rotatable bonds is 7. The quantitative estimate of drug-likeness (QED) is 0.681. The molecule has 1 atom stereocenters. The van der Waals surface area contributed by atoms with Crippen LogP contribution in [0.5, 0.6) is 0 Å². The number of carbonyl (C=O) groups excluding carboxylic acids is 1. The van der Waals surface area contributed by atoms with E-state index in [1.807, 2.05) is 6.07 Å². The molecule has 1 amide bonds. The molecule has 1 saturated carbocycles. The van der Waals surface area contributed by atoms with E-state index in [1.165, 1.54) is 16.6 Å². The van der Waals surface area contributed by atoms with Gasteiger partial charge in [0.05, 0.1) is 22.8 Å². The Hall–Kier alpha value is -1.39. The summed E-state index contributed by atoms with van der Waals surface area (Å²) in [6, 6.07) is 4.55. The van der Waals surface area contributed by atoms with Crippen molar-refractivity contribution in [1.29, 1.82) is 0 Å². The molecule has 2 fully saturated rings. The van der Waals surface area contributed by atoms with Gasteiger partial charge in [-0.05, 0) is 37.6 Å². The SMILES string of the molecule is C[C@]1(NC(=O)CSc2nnc(Cc3cccs3)n2C2CC2)CCS(=O)(=O)C1. The Morgan fingerprint density at radius 1 is 1.44 bits per heavy atom. The number of thioether (sulfide) groups is 1. The van der Waals surface area contributed by atoms with Gasteiger partial charge in [0.1, 0.15) is 5.82 Å². The summed E-state index contributed by atoms with van der Waals surface area (Å²) >= 11 is 3.07. The van der Waals surface area contributed by atoms with Crippen LogP contribution in [0.3, 0.4) is 0 Å². The van der Waals surface area contributed by atoms with Crippen LogP contribution in [0.4, 0.5) is 0 Å². The molecule has 1 aliphatic heterocycles. The molecule has 10 heteroatoms. The molecule has 27 heavy (non-hydrogen) atoms. The van der Waals surface area contributed by atoms with Crippen molar-refractivity contribution in [1.82, 2.24) is 20.1 Å². The highest BCUT2D eigenvalue weighted by Crippen LogP contribution is 2.39. The molecule has 146 valence electrons. The van der Waals surface area contributed by atoms with Crippen molar-refractivity contribution < 1.29 is 13.2 Å². The summed E-state index contributed by atoms with van der Waals surface area (Å²) in [6.45, 7) is 1.80. The molecule has 1 N–H and O–H groups in total. The second kappa shape index (κ2) is 7.21. The zero-order valence-electron chi connectivity index (χ0n) is 15.1. The van der Waals surface area contributed by atoms with Crippen LogP contribution in [0, 0.1) is 0 Å². The molecule has 2 aliphatic rings. The minimum Gasteiger partial charge on any atom is -0.349 e. The van der Waals surface area contributed by atoms with Crippen molar-refractivity contribution in [2.45, 2.75) is 49.3 Å². The number of hydrogen-bond acceptors (Lipinski definition) is 7. The van der Waals surface area contributed by atoms with Crippen LogP contribution < -0.4 is 5.32 Å². The summed E-state index contributed by atoms with van der Waals surface area (Å²) in [5.74, 6) is 1.14. The Morgan fingerprint density at radius 2 is 2.26 bits per heavy atom. The molecular weight excluding hydrogens is 404 g/mol. The molecule has 2 aromatic rings. The molecule has 1 aliphatic carbocycles. The van der Waals surface area contributed by atoms with Crippen LogP contribution in [0.15, 0.2) is 22.7 Å². The van der Waals surface area contributed by atoms with E-state index in [4.69, 9.17) is 0 Å². The first-order chi connectivity index (χ1) is 12.8. The van der Waals surface area contributed by atoms with Crippen molar-refractivity contribution in [3.8, 4) is 0 Å². The molecule has 0 unspecified atom stereocenters. The van der Waals surface area contributed by atoms with Gasteiger partial charge in [0.2, 0.25) is 5.91 Å². The predicted octanol–water partition coefficient (Wildman–Crippen LogP) is 2.05. The summed E-state index contributed by atoms with van der Waals surface area (Å²) < 4.78 is 25.5. The third-order valence-electron chi connectivity index (χ3n) is 4.84. The normalized spacial score (nSPS) is 24.2. The smallest absolute Gasteiger partial charge is 0.230 e. The van der Waals surface area contributed by atoms with Gasteiger partial charge in [0.15, 0.2) is 15.0 Å². The van der Waals surface area contributed by atoms with E-state index in [0.29, 0.717) is 12.5 Å². The molecule has 0 aromatic carbocycles. The first-order valence-corrected chi connectivity index (χ1v) is 12.6. The molecule has 0 spiro atoms. The predicted molar refractivity (Wildman–Crippen MR) is 106 cm³/mol. The fourth-order valence-corrected chi connectivity index (χ4v) is 7.03. The van der Waals surface area contributed by atoms with Crippen molar-refractivity contribution in [3.05, 3.63) is 28.2 Å². The lowest BCUT2D eigenvalue weighted by Crippen LogP contribution is -2.47. The summed E-state index contributed by atoms with van der Waals surface area (Å²) in [7, 11) is -3.04. The molecule has 0 bridgehead atoms. The Morgan fingerprint density at radius 3 is 2.89 bits per heavy atom. The molecular formula is C17H22N4O3S3. The third-order valence-corrected chi connectivity index (χ3v) is 8.56. The van der Waals surface area contributed by atoms with E-state index < -0.39 is 15.4 Å². The van der Waals surface area contributed by atoms with Gasteiger partial charge in [0, 0.05) is 17.3 Å². The van der Waals surface area contributed by atoms with E-state index in [2.05, 4.69) is 31.5 Å². The third kappa shape index (κ3) is 4.55. The van der Waals surface area contributed by atoms with Gasteiger partial charge in [-0.3, -0.25) is 4.79 Å². The monoisotopic (exact) mass is 426 g/mol. The largest absolute Gasteiger partial charge is 0.349 e. The van der Waals surface area contributed by atoms with E-state index >= 15 is 0 Å². The van der Waals surface area contributed by atoms with Crippen molar-refractivity contribution in [2.24, 2.45) is 0 Å². The number of aromatic nitrogens is 3. The summed E-state index contributed by atoms with van der Waals surface area (Å²) in [6.07, 6.45) is 3.45. The molecule has 3 heterocycles. The van der Waals surface area contributed by atoms with E-state index in [-0.39, 0.29) is 23.2 Å². The summed E-state index contributed by atoms with van der Waals surface area (Å²) in [5.41, 5.74) is -0.662. The lowest BCUT2D eigenvalue weighted by Gasteiger charge is -2.23. The minimum absolute atomic E-state index is 0.0135. The Balaban J connectivity index is 1.39. The Bertz CT molecular complexity index is 935. The summed E-state index contributed by atoms with van der Waals surface area (Å²) in [5, 5.41) is 14.4. The first-order valence-electron chi connectivity index (χ1n) is 8.94. The fraction of sp³-hybridized carbons (Fsp3) is 0.588. The lowest BCUT2D eigenvalue weighted by molar-refractivity contribution is -0.120. The van der Waals surface area contributed by atoms with Crippen LogP contribution in [0.2, 0.25) is 0 Å². The second-order valence-electron chi connectivity index (χ2n) is 7.50. The maximum atomic E-state index is 12.4. The van der Waals surface area contributed by atoms with Gasteiger partial charge in [-0.1, -0.05) is 17.8 Å². The maximum Gasteiger partial charge on any atom is 0.230 e. The minimum atomic E-state index is -3.04. The number of amides is 1. The topological polar surface area (TPSA) is 93.9 Å². The van der Waals surface area contributed by atoms with Crippen molar-refractivity contribution in [3.63, 3.8) is 0 Å². The van der Waals surface area contributed by atoms with Crippen molar-refractivity contribution in [2.75, 3.05) is 17.3 Å². The molecule has 7 nitrogen and oxygen atoms in total. The van der Waals surface area contributed by atoms with Gasteiger partial charge in [0.25, 0.3) is 0 Å². The molecule has 0 radical (unpaired) electrons. The van der Waals surface area contributed by atoms with E-state index in [1.54, 1.807) is 18.3 Å². The average molecular weight is 427 g/mol. The van der Waals surface area contributed by atoms with Crippen molar-refractivity contribution >= 4 is 38.8 Å². The zero-order valence-corrected chi connectivity index (χ0v) is 17.5. The van der Waals surface area contributed by atoms with Gasteiger partial charge < -0.3 is 9.88 Å². The molecule has 2 aromatic heterocycles. The maximum absolute atomic E-state index is 12.4. The standard InChI is InChI=1S/C17H22N4O3S3/c1-17(6-8-27(23,24)11-17)18-15(22)10-26-16-20-19-14(21(16)12-4-5-12)9-13-3-2-7-25-13/h2-3,7,12H,4-6,8-11H2,1H3,(H,18,22)/t17-/m0/s1. The van der Waals surface area contributed by atoms with Gasteiger partial charge in [-0.2, -0.15) is 0 Å². The number of hydrogen-bond donors (Lipinski definition) is 1. The molecule has 1 saturated heterocycles. The van der Waals surface area contributed by atoms with Crippen LogP contribution in [0.25, 0.3) is 0 Å². The average Bonchev–Trinajstić information content (AvgIpc) is 3.02. The first kappa shape index (κ1) is 18.9. The lowest BCUT2D eigenvalue weighted by atomic mass is 10.0. The van der Waals surface area contributed by atoms with E-state index in [0.717, 1.165) is 30.2 Å². The Kier molecular flexibility index (Phi) is 5.06. The van der Waals surface area contributed by atoms with Gasteiger partial charge >= 0.3 is 0 Å². The Labute approximate surface area is 166 Å². The second-order valence-corrected chi connectivity index (χ2v) is 11.7. The number of sulfone groups is 1. The fourth-order valence-electron chi connectivity index (χ4n) is 3.41. The van der Waals surface area contributed by atoms with Crippen LogP contribution in [-0.2, 0) is 21.1 Å². The number of nitrogens with one attached hydrogen (secondary N) is 1. The highest BCUT2D eigenvalue weighted by Gasteiger charge is 2.39. The number of carbonyl (C=O) groups is 1. The van der Waals surface area contributed by atoms with Gasteiger partial charge in [-0.15, -0.1) is 21.5 Å². The molecule has 4 rings (SSSR count). The van der Waals surface area contributed by atoms with Gasteiger partial charge in [-0.25, -0.2) is 8.42 Å². The highest BCUT2D eigenvalue weighted by atomic mass is 32.2. The van der Waals surface area contributed by atoms with E-state index in [9.17, 15) is 13.2 Å². The number of thiophene rings is 1. The van der Waals surface area contributed by atoms with Crippen LogP contribution >= 0.6 is 23.1 Å². The van der Waals surface area contributed by atoms with Crippen LogP contribution in [0.1, 0.15) is 42.9 Å². The number of nitrogens with zero attached hydrogens (tertiary/aromatic N) is 3. The van der Waals surface area contributed by atoms with Crippen LogP contribution in [-0.4, -0.2) is 51.9 Å². The highest BCUT2D eigenvalue weighted by molar-refractivity contribution is 7.99.